The number of hydrogen-bond donors (Lipinski definition) is 0. The van der Waals surface area contributed by atoms with Crippen LogP contribution < -0.4 is 4.90 Å². The van der Waals surface area contributed by atoms with Gasteiger partial charge >= 0.3 is 0 Å². The van der Waals surface area contributed by atoms with E-state index in [2.05, 4.69) is 23.1 Å². The van der Waals surface area contributed by atoms with Gasteiger partial charge in [0.05, 0.1) is 28.3 Å². The monoisotopic (exact) mass is 501 g/mol. The molecule has 0 radical (unpaired) electrons. The van der Waals surface area contributed by atoms with Crippen LogP contribution in [0.1, 0.15) is 71.4 Å². The lowest BCUT2D eigenvalue weighted by Gasteiger charge is -2.39. The molecule has 7 heteroatoms. The number of benzene rings is 2. The zero-order chi connectivity index (χ0) is 25.7. The van der Waals surface area contributed by atoms with Crippen molar-refractivity contribution in [2.45, 2.75) is 64.1 Å². The van der Waals surface area contributed by atoms with Gasteiger partial charge in [0.1, 0.15) is 0 Å². The van der Waals surface area contributed by atoms with E-state index in [4.69, 9.17) is 4.74 Å². The summed E-state index contributed by atoms with van der Waals surface area (Å²) in [5.41, 5.74) is 3.96. The second kappa shape index (κ2) is 9.28. The molecule has 2 aromatic rings. The van der Waals surface area contributed by atoms with Gasteiger partial charge in [-0.25, -0.2) is 0 Å². The molecule has 194 valence electrons. The Kier molecular flexibility index (Phi) is 6.06. The highest BCUT2D eigenvalue weighted by Gasteiger charge is 2.45. The van der Waals surface area contributed by atoms with Crippen molar-refractivity contribution < 1.29 is 19.1 Å². The van der Waals surface area contributed by atoms with E-state index in [0.29, 0.717) is 43.7 Å². The Hall–Kier alpha value is -3.19. The fourth-order valence-corrected chi connectivity index (χ4v) is 6.64. The third-order valence-electron chi connectivity index (χ3n) is 8.51. The molecule has 4 heterocycles. The first kappa shape index (κ1) is 24.2. The molecule has 0 N–H and O–H groups in total. The van der Waals surface area contributed by atoms with Crippen molar-refractivity contribution in [2.24, 2.45) is 5.92 Å². The Bertz CT molecular complexity index is 1260. The molecule has 2 aromatic carbocycles. The Morgan fingerprint density at radius 1 is 0.973 bits per heavy atom. The Morgan fingerprint density at radius 2 is 1.78 bits per heavy atom. The topological polar surface area (TPSA) is 70.2 Å². The fraction of sp³-hybridized carbons (Fsp3) is 0.500. The van der Waals surface area contributed by atoms with Gasteiger partial charge in [-0.3, -0.25) is 19.3 Å². The molecule has 0 saturated carbocycles. The first-order valence-corrected chi connectivity index (χ1v) is 13.6. The van der Waals surface area contributed by atoms with Crippen molar-refractivity contribution in [1.82, 2.24) is 9.80 Å². The van der Waals surface area contributed by atoms with E-state index >= 15 is 0 Å². The molecule has 2 fully saturated rings. The Morgan fingerprint density at radius 3 is 2.59 bits per heavy atom. The number of piperidine rings is 1. The van der Waals surface area contributed by atoms with Crippen LogP contribution in [0.15, 0.2) is 42.5 Å². The number of fused-ring (bicyclic) bond motifs is 2. The number of nitrogens with zero attached hydrogens (tertiary/aromatic N) is 3. The molecule has 7 nitrogen and oxygen atoms in total. The number of hydrogen-bond acceptors (Lipinski definition) is 5. The Labute approximate surface area is 218 Å². The summed E-state index contributed by atoms with van der Waals surface area (Å²) in [4.78, 5) is 46.3. The van der Waals surface area contributed by atoms with Gasteiger partial charge in [0, 0.05) is 38.8 Å². The van der Waals surface area contributed by atoms with Gasteiger partial charge < -0.3 is 14.5 Å². The molecule has 3 amide bonds. The number of rotatable bonds is 3. The first-order valence-electron chi connectivity index (χ1n) is 13.6. The Balaban J connectivity index is 1.22. The molecule has 2 atom stereocenters. The van der Waals surface area contributed by atoms with Crippen LogP contribution in [-0.4, -0.2) is 65.4 Å². The van der Waals surface area contributed by atoms with E-state index in [1.54, 1.807) is 6.07 Å². The van der Waals surface area contributed by atoms with E-state index < -0.39 is 0 Å². The van der Waals surface area contributed by atoms with E-state index in [1.165, 1.54) is 16.0 Å². The fourth-order valence-electron chi connectivity index (χ4n) is 6.64. The molecule has 6 rings (SSSR count). The summed E-state index contributed by atoms with van der Waals surface area (Å²) in [6, 6.07) is 13.8. The molecule has 2 saturated heterocycles. The summed E-state index contributed by atoms with van der Waals surface area (Å²) < 4.78 is 5.83. The van der Waals surface area contributed by atoms with Gasteiger partial charge in [-0.15, -0.1) is 0 Å². The van der Waals surface area contributed by atoms with E-state index in [-0.39, 0.29) is 35.3 Å². The van der Waals surface area contributed by atoms with Gasteiger partial charge in [-0.05, 0) is 69.2 Å². The van der Waals surface area contributed by atoms with Crippen LogP contribution in [0.4, 0.5) is 5.69 Å². The molecule has 0 bridgehead atoms. The minimum Gasteiger partial charge on any atom is -0.375 e. The molecule has 37 heavy (non-hydrogen) atoms. The van der Waals surface area contributed by atoms with E-state index in [1.807, 2.05) is 36.9 Å². The number of amides is 3. The van der Waals surface area contributed by atoms with Gasteiger partial charge in [-0.1, -0.05) is 30.3 Å². The number of carbonyl (C=O) groups excluding carboxylic acids is 3. The first-order chi connectivity index (χ1) is 17.8. The largest absolute Gasteiger partial charge is 0.375 e. The minimum atomic E-state index is -0.365. The van der Waals surface area contributed by atoms with E-state index in [9.17, 15) is 14.4 Å². The lowest BCUT2D eigenvalue weighted by Crippen LogP contribution is -2.48. The normalized spacial score (nSPS) is 25.2. The third kappa shape index (κ3) is 4.33. The molecule has 0 spiro atoms. The maximum absolute atomic E-state index is 13.7. The number of imide groups is 1. The van der Waals surface area contributed by atoms with Crippen LogP contribution in [-0.2, 0) is 22.5 Å². The highest BCUT2D eigenvalue weighted by atomic mass is 16.5. The van der Waals surface area contributed by atoms with Crippen LogP contribution in [0.25, 0.3) is 0 Å². The molecule has 4 aliphatic heterocycles. The van der Waals surface area contributed by atoms with Crippen molar-refractivity contribution in [3.63, 3.8) is 0 Å². The summed E-state index contributed by atoms with van der Waals surface area (Å²) >= 11 is 0. The SMILES string of the molecule is CC1(C)C[C@H](N2C(=O)c3cccc(N4CCC[C@H](C(=O)N5CCc6ccccc6C5)C4)c3C2=O)CCO1. The summed E-state index contributed by atoms with van der Waals surface area (Å²) in [5.74, 6) is -0.338. The maximum atomic E-state index is 13.7. The van der Waals surface area contributed by atoms with Crippen LogP contribution in [0.3, 0.4) is 0 Å². The van der Waals surface area contributed by atoms with Gasteiger partial charge in [0.15, 0.2) is 0 Å². The van der Waals surface area contributed by atoms with Crippen molar-refractivity contribution >= 4 is 23.4 Å². The highest BCUT2D eigenvalue weighted by Crippen LogP contribution is 2.38. The van der Waals surface area contributed by atoms with Crippen LogP contribution in [0, 0.1) is 5.92 Å². The number of carbonyl (C=O) groups is 3. The number of ether oxygens (including phenoxy) is 1. The van der Waals surface area contributed by atoms with Crippen LogP contribution in [0.5, 0.6) is 0 Å². The van der Waals surface area contributed by atoms with Crippen LogP contribution >= 0.6 is 0 Å². The van der Waals surface area contributed by atoms with Crippen molar-refractivity contribution in [2.75, 3.05) is 31.1 Å². The second-order valence-electron chi connectivity index (χ2n) is 11.5. The van der Waals surface area contributed by atoms with Crippen molar-refractivity contribution in [1.29, 1.82) is 0 Å². The van der Waals surface area contributed by atoms with Crippen molar-refractivity contribution in [3.8, 4) is 0 Å². The number of anilines is 1. The average Bonchev–Trinajstić information content (AvgIpc) is 3.17. The zero-order valence-electron chi connectivity index (χ0n) is 21.7. The molecular formula is C30H35N3O4. The smallest absolute Gasteiger partial charge is 0.263 e. The van der Waals surface area contributed by atoms with Gasteiger partial charge in [0.25, 0.3) is 11.8 Å². The molecular weight excluding hydrogens is 466 g/mol. The average molecular weight is 502 g/mol. The summed E-state index contributed by atoms with van der Waals surface area (Å²) in [6.07, 6.45) is 3.90. The lowest BCUT2D eigenvalue weighted by atomic mass is 9.92. The summed E-state index contributed by atoms with van der Waals surface area (Å²) in [7, 11) is 0. The summed E-state index contributed by atoms with van der Waals surface area (Å²) in [5, 5.41) is 0. The van der Waals surface area contributed by atoms with E-state index in [0.717, 1.165) is 38.0 Å². The maximum Gasteiger partial charge on any atom is 0.263 e. The third-order valence-corrected chi connectivity index (χ3v) is 8.51. The predicted molar refractivity (Wildman–Crippen MR) is 140 cm³/mol. The van der Waals surface area contributed by atoms with Crippen molar-refractivity contribution in [3.05, 3.63) is 64.7 Å². The molecule has 0 aliphatic carbocycles. The van der Waals surface area contributed by atoms with Crippen LogP contribution in [0.2, 0.25) is 0 Å². The summed E-state index contributed by atoms with van der Waals surface area (Å²) in [6.45, 7) is 7.30. The van der Waals surface area contributed by atoms with Gasteiger partial charge in [-0.2, -0.15) is 0 Å². The molecule has 0 aromatic heterocycles. The second-order valence-corrected chi connectivity index (χ2v) is 11.5. The minimum absolute atomic E-state index is 0.116. The predicted octanol–water partition coefficient (Wildman–Crippen LogP) is 4.04. The lowest BCUT2D eigenvalue weighted by molar-refractivity contribution is -0.136. The standard InChI is InChI=1S/C30H35N3O4/c1-30(2)17-23(13-16-37-30)33-28(35)24-10-5-11-25(26(24)29(33)36)31-14-6-9-22(19-31)27(34)32-15-12-20-7-3-4-8-21(20)18-32/h3-5,7-8,10-11,22-23H,6,9,12-19H2,1-2H3/t22-,23+/m0/s1. The molecule has 0 unspecified atom stereocenters. The highest BCUT2D eigenvalue weighted by molar-refractivity contribution is 6.24. The zero-order valence-corrected chi connectivity index (χ0v) is 21.7. The molecule has 4 aliphatic rings. The van der Waals surface area contributed by atoms with Gasteiger partial charge in [0.2, 0.25) is 5.91 Å². The quantitative estimate of drug-likeness (QED) is 0.594.